The fourth-order valence-electron chi connectivity index (χ4n) is 2.17. The molecule has 0 aliphatic carbocycles. The summed E-state index contributed by atoms with van der Waals surface area (Å²) in [5.74, 6) is 0.516. The highest BCUT2D eigenvalue weighted by Crippen LogP contribution is 2.12. The SMILES string of the molecule is CCC(C)C(=O)N1CCN(C(=O)c2ccco2)CC1. The molecule has 2 heterocycles. The third-order valence-electron chi connectivity index (χ3n) is 3.64. The second kappa shape index (κ2) is 5.91. The third kappa shape index (κ3) is 2.97. The average Bonchev–Trinajstić information content (AvgIpc) is 2.99. The molecule has 1 aromatic rings. The van der Waals surface area contributed by atoms with Crippen molar-refractivity contribution >= 4 is 11.8 Å². The Labute approximate surface area is 113 Å². The normalized spacial score (nSPS) is 17.4. The molecule has 0 aromatic carbocycles. The maximum Gasteiger partial charge on any atom is 0.289 e. The van der Waals surface area contributed by atoms with Crippen LogP contribution >= 0.6 is 0 Å². The van der Waals surface area contributed by atoms with Crippen LogP contribution in [0.3, 0.4) is 0 Å². The lowest BCUT2D eigenvalue weighted by Crippen LogP contribution is -2.51. The van der Waals surface area contributed by atoms with Crippen LogP contribution in [0.5, 0.6) is 0 Å². The number of hydrogen-bond donors (Lipinski definition) is 0. The molecule has 1 aliphatic heterocycles. The molecule has 0 spiro atoms. The van der Waals surface area contributed by atoms with Gasteiger partial charge in [-0.15, -0.1) is 0 Å². The van der Waals surface area contributed by atoms with E-state index in [4.69, 9.17) is 4.42 Å². The number of hydrogen-bond acceptors (Lipinski definition) is 3. The van der Waals surface area contributed by atoms with E-state index >= 15 is 0 Å². The molecule has 19 heavy (non-hydrogen) atoms. The number of carbonyl (C=O) groups is 2. The van der Waals surface area contributed by atoms with Crippen LogP contribution in [0.25, 0.3) is 0 Å². The highest BCUT2D eigenvalue weighted by atomic mass is 16.3. The van der Waals surface area contributed by atoms with Gasteiger partial charge in [-0.05, 0) is 18.6 Å². The Morgan fingerprint density at radius 1 is 1.26 bits per heavy atom. The summed E-state index contributed by atoms with van der Waals surface area (Å²) in [7, 11) is 0. The lowest BCUT2D eigenvalue weighted by Gasteiger charge is -2.35. The predicted molar refractivity (Wildman–Crippen MR) is 70.6 cm³/mol. The molecule has 1 fully saturated rings. The number of carbonyl (C=O) groups excluding carboxylic acids is 2. The summed E-state index contributed by atoms with van der Waals surface area (Å²) in [4.78, 5) is 27.7. The minimum atomic E-state index is -0.0966. The summed E-state index contributed by atoms with van der Waals surface area (Å²) in [6.07, 6.45) is 2.35. The first-order valence-corrected chi connectivity index (χ1v) is 6.75. The zero-order valence-corrected chi connectivity index (χ0v) is 11.5. The molecule has 1 aliphatic rings. The smallest absolute Gasteiger partial charge is 0.289 e. The Kier molecular flexibility index (Phi) is 4.24. The van der Waals surface area contributed by atoms with E-state index in [9.17, 15) is 9.59 Å². The second-order valence-corrected chi connectivity index (χ2v) is 4.90. The van der Waals surface area contributed by atoms with Gasteiger partial charge in [-0.3, -0.25) is 9.59 Å². The highest BCUT2D eigenvalue weighted by molar-refractivity contribution is 5.91. The van der Waals surface area contributed by atoms with E-state index in [1.165, 1.54) is 6.26 Å². The van der Waals surface area contributed by atoms with Gasteiger partial charge >= 0.3 is 0 Å². The Hall–Kier alpha value is -1.78. The van der Waals surface area contributed by atoms with Gasteiger partial charge in [0.15, 0.2) is 5.76 Å². The third-order valence-corrected chi connectivity index (χ3v) is 3.64. The van der Waals surface area contributed by atoms with Crippen LogP contribution in [0.1, 0.15) is 30.8 Å². The maximum atomic E-state index is 12.1. The van der Waals surface area contributed by atoms with Crippen molar-refractivity contribution in [3.63, 3.8) is 0 Å². The van der Waals surface area contributed by atoms with E-state index in [0.29, 0.717) is 31.9 Å². The molecule has 1 aromatic heterocycles. The molecule has 1 unspecified atom stereocenters. The maximum absolute atomic E-state index is 12.1. The first kappa shape index (κ1) is 13.6. The number of rotatable bonds is 3. The van der Waals surface area contributed by atoms with Crippen molar-refractivity contribution in [3.05, 3.63) is 24.2 Å². The number of furan rings is 1. The van der Waals surface area contributed by atoms with Crippen molar-refractivity contribution in [2.45, 2.75) is 20.3 Å². The molecule has 1 atom stereocenters. The van der Waals surface area contributed by atoms with E-state index in [1.807, 2.05) is 18.7 Å². The van der Waals surface area contributed by atoms with Gasteiger partial charge in [0.25, 0.3) is 5.91 Å². The molecule has 5 heteroatoms. The summed E-state index contributed by atoms with van der Waals surface area (Å²) in [5, 5.41) is 0. The Morgan fingerprint density at radius 2 is 1.89 bits per heavy atom. The van der Waals surface area contributed by atoms with Crippen molar-refractivity contribution in [1.82, 2.24) is 9.80 Å². The fraction of sp³-hybridized carbons (Fsp3) is 0.571. The average molecular weight is 264 g/mol. The topological polar surface area (TPSA) is 53.8 Å². The van der Waals surface area contributed by atoms with Gasteiger partial charge in [-0.2, -0.15) is 0 Å². The predicted octanol–water partition coefficient (Wildman–Crippen LogP) is 1.61. The molecule has 0 saturated carbocycles. The molecule has 0 N–H and O–H groups in total. The monoisotopic (exact) mass is 264 g/mol. The van der Waals surface area contributed by atoms with E-state index < -0.39 is 0 Å². The Bertz CT molecular complexity index is 434. The molecule has 2 amide bonds. The van der Waals surface area contributed by atoms with Gasteiger partial charge in [0.05, 0.1) is 6.26 Å². The van der Waals surface area contributed by atoms with Crippen LogP contribution in [-0.4, -0.2) is 47.8 Å². The first-order valence-electron chi connectivity index (χ1n) is 6.75. The summed E-state index contributed by atoms with van der Waals surface area (Å²) in [6, 6.07) is 3.37. The van der Waals surface area contributed by atoms with Crippen molar-refractivity contribution in [1.29, 1.82) is 0 Å². The van der Waals surface area contributed by atoms with Gasteiger partial charge in [0.2, 0.25) is 5.91 Å². The zero-order valence-electron chi connectivity index (χ0n) is 11.5. The van der Waals surface area contributed by atoms with Crippen LogP contribution in [0.15, 0.2) is 22.8 Å². The van der Waals surface area contributed by atoms with E-state index in [0.717, 1.165) is 6.42 Å². The van der Waals surface area contributed by atoms with E-state index in [-0.39, 0.29) is 17.7 Å². The molecule has 0 bridgehead atoms. The largest absolute Gasteiger partial charge is 0.459 e. The van der Waals surface area contributed by atoms with Crippen LogP contribution in [0, 0.1) is 5.92 Å². The molecule has 104 valence electrons. The molecule has 2 rings (SSSR count). The van der Waals surface area contributed by atoms with Crippen LogP contribution < -0.4 is 0 Å². The number of nitrogens with zero attached hydrogens (tertiary/aromatic N) is 2. The molecule has 1 saturated heterocycles. The Morgan fingerprint density at radius 3 is 2.42 bits per heavy atom. The van der Waals surface area contributed by atoms with Crippen LogP contribution in [0.4, 0.5) is 0 Å². The van der Waals surface area contributed by atoms with Gasteiger partial charge < -0.3 is 14.2 Å². The van der Waals surface area contributed by atoms with Crippen LogP contribution in [-0.2, 0) is 4.79 Å². The van der Waals surface area contributed by atoms with Crippen molar-refractivity contribution in [3.8, 4) is 0 Å². The van der Waals surface area contributed by atoms with Crippen molar-refractivity contribution in [2.24, 2.45) is 5.92 Å². The summed E-state index contributed by atoms with van der Waals surface area (Å²) in [6.45, 7) is 6.32. The lowest BCUT2D eigenvalue weighted by atomic mass is 10.1. The summed E-state index contributed by atoms with van der Waals surface area (Å²) < 4.78 is 5.11. The first-order chi connectivity index (χ1) is 9.13. The molecular weight excluding hydrogens is 244 g/mol. The minimum absolute atomic E-state index is 0.0623. The molecule has 0 radical (unpaired) electrons. The summed E-state index contributed by atoms with van der Waals surface area (Å²) >= 11 is 0. The molecular formula is C14H20N2O3. The second-order valence-electron chi connectivity index (χ2n) is 4.90. The molecule has 5 nitrogen and oxygen atoms in total. The highest BCUT2D eigenvalue weighted by Gasteiger charge is 2.27. The van der Waals surface area contributed by atoms with Gasteiger partial charge in [0, 0.05) is 32.1 Å². The van der Waals surface area contributed by atoms with E-state index in [2.05, 4.69) is 0 Å². The van der Waals surface area contributed by atoms with Crippen molar-refractivity contribution < 1.29 is 14.0 Å². The van der Waals surface area contributed by atoms with Crippen molar-refractivity contribution in [2.75, 3.05) is 26.2 Å². The van der Waals surface area contributed by atoms with Crippen LogP contribution in [0.2, 0.25) is 0 Å². The Balaban J connectivity index is 1.89. The standard InChI is InChI=1S/C14H20N2O3/c1-3-11(2)13(17)15-6-8-16(9-7-15)14(18)12-5-4-10-19-12/h4-5,10-11H,3,6-9H2,1-2H3. The van der Waals surface area contributed by atoms with Gasteiger partial charge in [0.1, 0.15) is 0 Å². The number of amides is 2. The quantitative estimate of drug-likeness (QED) is 0.833. The summed E-state index contributed by atoms with van der Waals surface area (Å²) in [5.41, 5.74) is 0. The minimum Gasteiger partial charge on any atom is -0.459 e. The lowest BCUT2D eigenvalue weighted by molar-refractivity contribution is -0.136. The van der Waals surface area contributed by atoms with Gasteiger partial charge in [-0.25, -0.2) is 0 Å². The number of piperazine rings is 1. The zero-order chi connectivity index (χ0) is 13.8. The van der Waals surface area contributed by atoms with Gasteiger partial charge in [-0.1, -0.05) is 13.8 Å². The fourth-order valence-corrected chi connectivity index (χ4v) is 2.17. The van der Waals surface area contributed by atoms with E-state index in [1.54, 1.807) is 17.0 Å².